The van der Waals surface area contributed by atoms with E-state index in [2.05, 4.69) is 13.8 Å². The Morgan fingerprint density at radius 1 is 0.905 bits per heavy atom. The van der Waals surface area contributed by atoms with Crippen molar-refractivity contribution in [2.45, 2.75) is 70.9 Å². The van der Waals surface area contributed by atoms with E-state index < -0.39 is 9.28 Å². The van der Waals surface area contributed by atoms with Crippen molar-refractivity contribution in [1.82, 2.24) is 0 Å². The van der Waals surface area contributed by atoms with Crippen LogP contribution in [0.4, 0.5) is 0 Å². The number of unbranched alkanes of at least 4 members (excludes halogenated alkanes) is 6. The van der Waals surface area contributed by atoms with Crippen molar-refractivity contribution in [2.75, 3.05) is 33.0 Å². The highest BCUT2D eigenvalue weighted by atomic mass is 28.3. The summed E-state index contributed by atoms with van der Waals surface area (Å²) in [6.45, 7) is 8.30. The second kappa shape index (κ2) is 13.7. The summed E-state index contributed by atoms with van der Waals surface area (Å²) in [4.78, 5) is 0. The van der Waals surface area contributed by atoms with E-state index in [1.165, 1.54) is 51.0 Å². The fraction of sp³-hybridized carbons (Fsp3) is 1.00. The molecule has 0 aromatic heterocycles. The standard InChI is InChI=1S/C16H34O4Si/c1-3-19-21(20-4-2)13-11-9-7-5-6-8-10-12-17-14-16-15-18-16/h16,21H,3-15H2,1-2H3. The molecule has 21 heavy (non-hydrogen) atoms. The Bertz CT molecular complexity index is 218. The molecule has 1 atom stereocenters. The van der Waals surface area contributed by atoms with E-state index in [9.17, 15) is 0 Å². The van der Waals surface area contributed by atoms with Crippen molar-refractivity contribution in [2.24, 2.45) is 0 Å². The van der Waals surface area contributed by atoms with E-state index in [1.54, 1.807) is 0 Å². The number of epoxide rings is 1. The van der Waals surface area contributed by atoms with Gasteiger partial charge in [0.2, 0.25) is 0 Å². The Morgan fingerprint density at radius 3 is 2.05 bits per heavy atom. The number of rotatable bonds is 16. The molecule has 0 N–H and O–H groups in total. The van der Waals surface area contributed by atoms with E-state index in [4.69, 9.17) is 18.3 Å². The van der Waals surface area contributed by atoms with Gasteiger partial charge in [0, 0.05) is 19.8 Å². The van der Waals surface area contributed by atoms with Crippen LogP contribution in [0.3, 0.4) is 0 Å². The first-order valence-corrected chi connectivity index (χ1v) is 10.5. The van der Waals surface area contributed by atoms with E-state index in [0.29, 0.717) is 6.10 Å². The molecule has 0 spiro atoms. The maximum atomic E-state index is 5.68. The Kier molecular flexibility index (Phi) is 12.5. The van der Waals surface area contributed by atoms with Gasteiger partial charge < -0.3 is 18.3 Å². The molecule has 1 fully saturated rings. The average molecular weight is 319 g/mol. The lowest BCUT2D eigenvalue weighted by atomic mass is 10.1. The zero-order chi connectivity index (χ0) is 15.2. The summed E-state index contributed by atoms with van der Waals surface area (Å²) in [5.41, 5.74) is 0. The summed E-state index contributed by atoms with van der Waals surface area (Å²) in [5.74, 6) is 0. The molecule has 0 aliphatic carbocycles. The van der Waals surface area contributed by atoms with E-state index >= 15 is 0 Å². The molecule has 4 nitrogen and oxygen atoms in total. The van der Waals surface area contributed by atoms with Gasteiger partial charge in [0.1, 0.15) is 6.10 Å². The fourth-order valence-electron chi connectivity index (χ4n) is 2.36. The summed E-state index contributed by atoms with van der Waals surface area (Å²) in [5, 5.41) is 0. The van der Waals surface area contributed by atoms with Gasteiger partial charge in [-0.1, -0.05) is 38.5 Å². The highest BCUT2D eigenvalue weighted by Gasteiger charge is 2.21. The van der Waals surface area contributed by atoms with Crippen molar-refractivity contribution in [3.05, 3.63) is 0 Å². The molecule has 0 saturated carbocycles. The second-order valence-electron chi connectivity index (χ2n) is 5.63. The van der Waals surface area contributed by atoms with Crippen molar-refractivity contribution < 1.29 is 18.3 Å². The SMILES string of the molecule is CCO[SiH](CCCCCCCCCOCC1CO1)OCC. The summed E-state index contributed by atoms with van der Waals surface area (Å²) < 4.78 is 22.0. The van der Waals surface area contributed by atoms with Crippen molar-refractivity contribution in [3.8, 4) is 0 Å². The van der Waals surface area contributed by atoms with Gasteiger partial charge in [-0.2, -0.15) is 0 Å². The molecule has 0 aromatic carbocycles. The van der Waals surface area contributed by atoms with Crippen LogP contribution in [0.25, 0.3) is 0 Å². The van der Waals surface area contributed by atoms with Crippen LogP contribution in [0, 0.1) is 0 Å². The zero-order valence-corrected chi connectivity index (χ0v) is 15.1. The number of hydrogen-bond donors (Lipinski definition) is 0. The minimum Gasteiger partial charge on any atom is -0.397 e. The van der Waals surface area contributed by atoms with E-state index in [-0.39, 0.29) is 0 Å². The second-order valence-corrected chi connectivity index (χ2v) is 7.74. The molecule has 1 heterocycles. The molecule has 1 unspecified atom stereocenters. The molecular formula is C16H34O4Si. The molecule has 126 valence electrons. The summed E-state index contributed by atoms with van der Waals surface area (Å²) in [7, 11) is -1.34. The first-order valence-electron chi connectivity index (χ1n) is 8.79. The predicted molar refractivity (Wildman–Crippen MR) is 88.1 cm³/mol. The summed E-state index contributed by atoms with van der Waals surface area (Å²) >= 11 is 0. The molecule has 1 aliphatic rings. The summed E-state index contributed by atoms with van der Waals surface area (Å²) in [6.07, 6.45) is 9.50. The van der Waals surface area contributed by atoms with Crippen LogP contribution >= 0.6 is 0 Å². The largest absolute Gasteiger partial charge is 0.397 e. The van der Waals surface area contributed by atoms with Crippen molar-refractivity contribution in [3.63, 3.8) is 0 Å². The highest BCUT2D eigenvalue weighted by molar-refractivity contribution is 6.44. The van der Waals surface area contributed by atoms with Crippen LogP contribution in [0.1, 0.15) is 58.8 Å². The normalized spacial score (nSPS) is 17.6. The first-order chi connectivity index (χ1) is 10.4. The molecule has 0 amide bonds. The fourth-order valence-corrected chi connectivity index (χ4v) is 4.16. The maximum Gasteiger partial charge on any atom is 0.321 e. The van der Waals surface area contributed by atoms with Gasteiger partial charge in [0.15, 0.2) is 0 Å². The lowest BCUT2D eigenvalue weighted by Gasteiger charge is -2.14. The Labute approximate surface area is 132 Å². The number of ether oxygens (including phenoxy) is 2. The molecule has 0 aromatic rings. The van der Waals surface area contributed by atoms with Gasteiger partial charge >= 0.3 is 9.28 Å². The maximum absolute atomic E-state index is 5.68. The zero-order valence-electron chi connectivity index (χ0n) is 14.0. The van der Waals surface area contributed by atoms with Crippen LogP contribution in [-0.4, -0.2) is 48.4 Å². The molecule has 0 bridgehead atoms. The van der Waals surface area contributed by atoms with E-state index in [1.807, 2.05) is 0 Å². The topological polar surface area (TPSA) is 40.2 Å². The molecular weight excluding hydrogens is 284 g/mol. The van der Waals surface area contributed by atoms with Gasteiger partial charge in [-0.05, 0) is 26.3 Å². The van der Waals surface area contributed by atoms with Crippen molar-refractivity contribution in [1.29, 1.82) is 0 Å². The molecule has 1 saturated heterocycles. The molecule has 1 aliphatic heterocycles. The third-order valence-electron chi connectivity index (χ3n) is 3.64. The lowest BCUT2D eigenvalue weighted by molar-refractivity contribution is 0.113. The molecule has 1 rings (SSSR count). The lowest BCUT2D eigenvalue weighted by Crippen LogP contribution is -2.22. The Balaban J connectivity index is 1.74. The average Bonchev–Trinajstić information content (AvgIpc) is 3.29. The Hall–Kier alpha value is 0.0569. The van der Waals surface area contributed by atoms with Gasteiger partial charge in [-0.25, -0.2) is 0 Å². The van der Waals surface area contributed by atoms with Gasteiger partial charge in [-0.15, -0.1) is 0 Å². The third-order valence-corrected chi connectivity index (χ3v) is 5.93. The predicted octanol–water partition coefficient (Wildman–Crippen LogP) is 3.43. The molecule has 5 heteroatoms. The third kappa shape index (κ3) is 12.3. The smallest absolute Gasteiger partial charge is 0.321 e. The quantitative estimate of drug-likeness (QED) is 0.248. The first kappa shape index (κ1) is 19.1. The van der Waals surface area contributed by atoms with Gasteiger partial charge in [0.05, 0.1) is 13.2 Å². The van der Waals surface area contributed by atoms with Crippen molar-refractivity contribution >= 4 is 9.28 Å². The van der Waals surface area contributed by atoms with Crippen LogP contribution in [0.2, 0.25) is 6.04 Å². The van der Waals surface area contributed by atoms with Crippen LogP contribution in [-0.2, 0) is 18.3 Å². The Morgan fingerprint density at radius 2 is 1.48 bits per heavy atom. The van der Waals surface area contributed by atoms with Crippen LogP contribution in [0.15, 0.2) is 0 Å². The highest BCUT2D eigenvalue weighted by Crippen LogP contribution is 2.12. The van der Waals surface area contributed by atoms with Gasteiger partial charge in [0.25, 0.3) is 0 Å². The monoisotopic (exact) mass is 318 g/mol. The van der Waals surface area contributed by atoms with Crippen LogP contribution < -0.4 is 0 Å². The summed E-state index contributed by atoms with van der Waals surface area (Å²) in [6, 6.07) is 1.17. The number of hydrogen-bond acceptors (Lipinski definition) is 4. The minimum absolute atomic E-state index is 0.408. The molecule has 0 radical (unpaired) electrons. The van der Waals surface area contributed by atoms with E-state index in [0.717, 1.165) is 33.0 Å². The minimum atomic E-state index is -1.34. The van der Waals surface area contributed by atoms with Gasteiger partial charge in [-0.3, -0.25) is 0 Å². The van der Waals surface area contributed by atoms with Crippen LogP contribution in [0.5, 0.6) is 0 Å².